The summed E-state index contributed by atoms with van der Waals surface area (Å²) in [5.41, 5.74) is 6.78. The maximum absolute atomic E-state index is 13.2. The van der Waals surface area contributed by atoms with E-state index in [4.69, 9.17) is 10.5 Å². The quantitative estimate of drug-likeness (QED) is 0.676. The summed E-state index contributed by atoms with van der Waals surface area (Å²) < 4.78 is 32.5. The maximum Gasteiger partial charge on any atom is 0.242 e. The topological polar surface area (TPSA) is 111 Å². The van der Waals surface area contributed by atoms with Gasteiger partial charge < -0.3 is 15.5 Å². The van der Waals surface area contributed by atoms with Gasteiger partial charge in [0.25, 0.3) is 0 Å². The molecule has 1 saturated carbocycles. The van der Waals surface area contributed by atoms with Gasteiger partial charge in [-0.15, -0.1) is 0 Å². The number of nitrogens with two attached hydrogens (primary N) is 1. The lowest BCUT2D eigenvalue weighted by atomic mass is 10.0. The Morgan fingerprint density at radius 2 is 1.86 bits per heavy atom. The van der Waals surface area contributed by atoms with Crippen molar-refractivity contribution in [3.8, 4) is 5.88 Å². The number of rotatable bonds is 5. The van der Waals surface area contributed by atoms with Crippen molar-refractivity contribution < 1.29 is 13.2 Å². The van der Waals surface area contributed by atoms with Crippen LogP contribution in [0, 0.1) is 12.8 Å². The first kappa shape index (κ1) is 18.7. The molecule has 8 heteroatoms. The largest absolute Gasteiger partial charge is 0.473 e. The lowest BCUT2D eigenvalue weighted by Gasteiger charge is -2.20. The number of H-pyrrole nitrogens is 1. The van der Waals surface area contributed by atoms with Crippen molar-refractivity contribution in [3.05, 3.63) is 36.2 Å². The number of nitrogens with zero attached hydrogens (tertiary/aromatic N) is 2. The third-order valence-electron chi connectivity index (χ3n) is 5.39. The summed E-state index contributed by atoms with van der Waals surface area (Å²) in [4.78, 5) is 11.9. The lowest BCUT2D eigenvalue weighted by molar-refractivity contribution is 0.149. The number of ether oxygens (including phenoxy) is 1. The molecule has 1 fully saturated rings. The van der Waals surface area contributed by atoms with Crippen LogP contribution >= 0.6 is 0 Å². The number of hydrogen-bond acceptors (Lipinski definition) is 6. The standard InChI is InChI=1S/C20H24N4O3S/c1-12(14-8-6-7-9-14)27-20-17-16(22-13(2)23-20)18(19(21)24-17)28(25,26)15-10-4-3-5-11-15/h3-5,10-12,14,24H,6-9,21H2,1-2H3. The molecule has 0 spiro atoms. The van der Waals surface area contributed by atoms with E-state index in [0.29, 0.717) is 23.1 Å². The monoisotopic (exact) mass is 400 g/mol. The zero-order chi connectivity index (χ0) is 19.9. The highest BCUT2D eigenvalue weighted by Gasteiger charge is 2.30. The van der Waals surface area contributed by atoms with Crippen LogP contribution in [0.2, 0.25) is 0 Å². The summed E-state index contributed by atoms with van der Waals surface area (Å²) in [5.74, 6) is 1.30. The molecule has 3 aromatic rings. The summed E-state index contributed by atoms with van der Waals surface area (Å²) in [6.07, 6.45) is 4.68. The van der Waals surface area contributed by atoms with Crippen LogP contribution in [0.25, 0.3) is 11.0 Å². The Labute approximate surface area is 164 Å². The van der Waals surface area contributed by atoms with E-state index in [-0.39, 0.29) is 27.2 Å². The van der Waals surface area contributed by atoms with Crippen molar-refractivity contribution in [2.45, 2.75) is 55.4 Å². The van der Waals surface area contributed by atoms with Crippen molar-refractivity contribution in [1.82, 2.24) is 15.0 Å². The van der Waals surface area contributed by atoms with Crippen molar-refractivity contribution in [2.24, 2.45) is 5.92 Å². The van der Waals surface area contributed by atoms with Crippen molar-refractivity contribution in [3.63, 3.8) is 0 Å². The van der Waals surface area contributed by atoms with E-state index in [9.17, 15) is 8.42 Å². The number of hydrogen-bond donors (Lipinski definition) is 2. The van der Waals surface area contributed by atoms with Crippen molar-refractivity contribution in [1.29, 1.82) is 0 Å². The highest BCUT2D eigenvalue weighted by Crippen LogP contribution is 2.37. The SMILES string of the molecule is Cc1nc(OC(C)C2CCCC2)c2[nH]c(N)c(S(=O)(=O)c3ccccc3)c2n1. The lowest BCUT2D eigenvalue weighted by Crippen LogP contribution is -2.22. The highest BCUT2D eigenvalue weighted by molar-refractivity contribution is 7.92. The molecule has 4 rings (SSSR count). The molecule has 7 nitrogen and oxygen atoms in total. The predicted octanol–water partition coefficient (Wildman–Crippen LogP) is 3.64. The number of aromatic amines is 1. The van der Waals surface area contributed by atoms with Gasteiger partial charge in [-0.25, -0.2) is 13.4 Å². The summed E-state index contributed by atoms with van der Waals surface area (Å²) in [6.45, 7) is 3.75. The number of aromatic nitrogens is 3. The van der Waals surface area contributed by atoms with Gasteiger partial charge in [0.15, 0.2) is 0 Å². The van der Waals surface area contributed by atoms with Gasteiger partial charge in [-0.1, -0.05) is 31.0 Å². The molecule has 1 aliphatic rings. The minimum Gasteiger partial charge on any atom is -0.473 e. The summed E-state index contributed by atoms with van der Waals surface area (Å²) in [5, 5.41) is 0. The van der Waals surface area contributed by atoms with Gasteiger partial charge in [0.05, 0.1) is 4.90 Å². The Bertz CT molecular complexity index is 1100. The first-order valence-electron chi connectivity index (χ1n) is 9.50. The average molecular weight is 401 g/mol. The van der Waals surface area contributed by atoms with E-state index in [2.05, 4.69) is 15.0 Å². The second-order valence-electron chi connectivity index (χ2n) is 7.35. The second-order valence-corrected chi connectivity index (χ2v) is 9.24. The molecule has 1 unspecified atom stereocenters. The predicted molar refractivity (Wildman–Crippen MR) is 107 cm³/mol. The normalized spacial score (nSPS) is 16.5. The van der Waals surface area contributed by atoms with Crippen LogP contribution in [0.1, 0.15) is 38.4 Å². The Morgan fingerprint density at radius 3 is 2.54 bits per heavy atom. The van der Waals surface area contributed by atoms with Gasteiger partial charge in [0.1, 0.15) is 33.7 Å². The summed E-state index contributed by atoms with van der Waals surface area (Å²) in [6, 6.07) is 8.20. The highest BCUT2D eigenvalue weighted by atomic mass is 32.2. The summed E-state index contributed by atoms with van der Waals surface area (Å²) >= 11 is 0. The molecule has 0 amide bonds. The number of fused-ring (bicyclic) bond motifs is 1. The van der Waals surface area contributed by atoms with Crippen LogP contribution in [-0.2, 0) is 9.84 Å². The minimum absolute atomic E-state index is 0.0151. The first-order valence-corrected chi connectivity index (χ1v) is 11.0. The third kappa shape index (κ3) is 3.22. The number of sulfone groups is 1. The van der Waals surface area contributed by atoms with Crippen molar-refractivity contribution in [2.75, 3.05) is 5.73 Å². The molecular weight excluding hydrogens is 376 g/mol. The van der Waals surface area contributed by atoms with Crippen LogP contribution in [0.3, 0.4) is 0 Å². The van der Waals surface area contributed by atoms with E-state index in [1.54, 1.807) is 37.3 Å². The molecule has 148 valence electrons. The molecule has 0 aliphatic heterocycles. The summed E-state index contributed by atoms with van der Waals surface area (Å²) in [7, 11) is -3.83. The van der Waals surface area contributed by atoms with E-state index >= 15 is 0 Å². The van der Waals surface area contributed by atoms with E-state index in [0.717, 1.165) is 12.8 Å². The van der Waals surface area contributed by atoms with Crippen LogP contribution in [0.15, 0.2) is 40.1 Å². The molecule has 0 radical (unpaired) electrons. The number of aryl methyl sites for hydroxylation is 1. The Kier molecular flexibility index (Phi) is 4.74. The average Bonchev–Trinajstić information content (AvgIpc) is 3.30. The molecule has 1 aromatic carbocycles. The smallest absolute Gasteiger partial charge is 0.242 e. The second kappa shape index (κ2) is 7.09. The van der Waals surface area contributed by atoms with Crippen LogP contribution in [-0.4, -0.2) is 29.5 Å². The van der Waals surface area contributed by atoms with Crippen molar-refractivity contribution >= 4 is 26.7 Å². The van der Waals surface area contributed by atoms with Gasteiger partial charge in [-0.3, -0.25) is 0 Å². The first-order chi connectivity index (χ1) is 13.4. The van der Waals surface area contributed by atoms with Crippen LogP contribution in [0.4, 0.5) is 5.82 Å². The molecule has 0 saturated heterocycles. The Balaban J connectivity index is 1.82. The molecule has 2 aromatic heterocycles. The van der Waals surface area contributed by atoms with Crippen LogP contribution in [0.5, 0.6) is 5.88 Å². The fourth-order valence-corrected chi connectivity index (χ4v) is 5.41. The number of benzene rings is 1. The van der Waals surface area contributed by atoms with Gasteiger partial charge >= 0.3 is 0 Å². The van der Waals surface area contributed by atoms with Gasteiger partial charge in [0.2, 0.25) is 15.7 Å². The van der Waals surface area contributed by atoms with E-state index in [1.807, 2.05) is 6.92 Å². The van der Waals surface area contributed by atoms with Gasteiger partial charge in [0, 0.05) is 0 Å². The molecule has 3 N–H and O–H groups in total. The minimum atomic E-state index is -3.83. The molecule has 0 bridgehead atoms. The molecular formula is C20H24N4O3S. The van der Waals surface area contributed by atoms with Crippen LogP contribution < -0.4 is 10.5 Å². The van der Waals surface area contributed by atoms with E-state index < -0.39 is 9.84 Å². The van der Waals surface area contributed by atoms with E-state index in [1.165, 1.54) is 12.8 Å². The number of nitrogen functional groups attached to an aromatic ring is 1. The number of anilines is 1. The third-order valence-corrected chi connectivity index (χ3v) is 7.23. The van der Waals surface area contributed by atoms with Gasteiger partial charge in [-0.2, -0.15) is 4.98 Å². The zero-order valence-electron chi connectivity index (χ0n) is 16.0. The maximum atomic E-state index is 13.2. The Hall–Kier alpha value is -2.61. The molecule has 28 heavy (non-hydrogen) atoms. The molecule has 2 heterocycles. The zero-order valence-corrected chi connectivity index (χ0v) is 16.8. The van der Waals surface area contributed by atoms with Gasteiger partial charge in [-0.05, 0) is 44.7 Å². The molecule has 1 atom stereocenters. The number of nitrogens with one attached hydrogen (secondary N) is 1. The Morgan fingerprint density at radius 1 is 1.18 bits per heavy atom. The molecule has 1 aliphatic carbocycles. The fraction of sp³-hybridized carbons (Fsp3) is 0.400. The fourth-order valence-electron chi connectivity index (χ4n) is 3.92.